The van der Waals surface area contributed by atoms with Crippen molar-refractivity contribution in [2.24, 2.45) is 0 Å². The first kappa shape index (κ1) is 12.1. The van der Waals surface area contributed by atoms with Crippen LogP contribution in [0.3, 0.4) is 0 Å². The minimum Gasteiger partial charge on any atom is -0.363 e. The molecule has 2 rings (SSSR count). The van der Waals surface area contributed by atoms with Gasteiger partial charge in [0.05, 0.1) is 0 Å². The molecule has 3 heteroatoms. The largest absolute Gasteiger partial charge is 0.363 e. The second-order valence-corrected chi connectivity index (χ2v) is 5.05. The highest BCUT2D eigenvalue weighted by molar-refractivity contribution is 6.19. The molecule has 2 unspecified atom stereocenters. The van der Waals surface area contributed by atoms with Gasteiger partial charge in [-0.2, -0.15) is 0 Å². The zero-order chi connectivity index (χ0) is 11.5. The van der Waals surface area contributed by atoms with Crippen LogP contribution in [-0.4, -0.2) is 23.8 Å². The van der Waals surface area contributed by atoms with Gasteiger partial charge in [0, 0.05) is 29.5 Å². The molecule has 16 heavy (non-hydrogen) atoms. The van der Waals surface area contributed by atoms with Gasteiger partial charge in [0.1, 0.15) is 0 Å². The van der Waals surface area contributed by atoms with Crippen LogP contribution in [0.15, 0.2) is 24.3 Å². The van der Waals surface area contributed by atoms with Crippen LogP contribution in [0.4, 0.5) is 5.69 Å². The first-order valence-corrected chi connectivity index (χ1v) is 6.80. The first-order valence-electron chi connectivity index (χ1n) is 5.73. The molecule has 0 amide bonds. The van der Waals surface area contributed by atoms with Crippen LogP contribution in [0.25, 0.3) is 0 Å². The third kappa shape index (κ3) is 2.31. The quantitative estimate of drug-likeness (QED) is 0.745. The number of halogens is 2. The van der Waals surface area contributed by atoms with Gasteiger partial charge < -0.3 is 4.90 Å². The molecule has 1 saturated heterocycles. The van der Waals surface area contributed by atoms with Gasteiger partial charge in [-0.1, -0.05) is 17.7 Å². The van der Waals surface area contributed by atoms with Crippen LogP contribution >= 0.6 is 23.2 Å². The number of hydrogen-bond donors (Lipinski definition) is 0. The van der Waals surface area contributed by atoms with Gasteiger partial charge in [-0.25, -0.2) is 0 Å². The highest BCUT2D eigenvalue weighted by Crippen LogP contribution is 2.31. The summed E-state index contributed by atoms with van der Waals surface area (Å²) >= 11 is 12.0. The molecule has 0 saturated carbocycles. The maximum absolute atomic E-state index is 6.02. The van der Waals surface area contributed by atoms with Crippen LogP contribution in [0.1, 0.15) is 18.4 Å². The van der Waals surface area contributed by atoms with E-state index >= 15 is 0 Å². The second-order valence-electron chi connectivity index (χ2n) is 4.44. The summed E-state index contributed by atoms with van der Waals surface area (Å²) < 4.78 is 0. The van der Waals surface area contributed by atoms with Crippen LogP contribution in [0.2, 0.25) is 0 Å². The van der Waals surface area contributed by atoms with E-state index in [4.69, 9.17) is 23.2 Å². The van der Waals surface area contributed by atoms with E-state index in [2.05, 4.69) is 36.1 Å². The minimum atomic E-state index is 0.438. The van der Waals surface area contributed by atoms with E-state index in [0.717, 1.165) is 12.8 Å². The SMILES string of the molecule is Cc1ccc(N2C(CCl)CCC2CCl)cc1. The summed E-state index contributed by atoms with van der Waals surface area (Å²) in [4.78, 5) is 2.39. The third-order valence-corrected chi connectivity index (χ3v) is 4.02. The lowest BCUT2D eigenvalue weighted by Crippen LogP contribution is -2.38. The summed E-state index contributed by atoms with van der Waals surface area (Å²) in [5.41, 5.74) is 2.53. The van der Waals surface area contributed by atoms with Gasteiger partial charge in [0.25, 0.3) is 0 Å². The van der Waals surface area contributed by atoms with Gasteiger partial charge in [-0.3, -0.25) is 0 Å². The molecule has 1 aliphatic heterocycles. The van der Waals surface area contributed by atoms with E-state index in [9.17, 15) is 0 Å². The Morgan fingerprint density at radius 3 is 2.00 bits per heavy atom. The van der Waals surface area contributed by atoms with Crippen molar-refractivity contribution >= 4 is 28.9 Å². The Morgan fingerprint density at radius 1 is 1.06 bits per heavy atom. The average molecular weight is 258 g/mol. The van der Waals surface area contributed by atoms with E-state index < -0.39 is 0 Å². The van der Waals surface area contributed by atoms with Crippen molar-refractivity contribution in [3.05, 3.63) is 29.8 Å². The highest BCUT2D eigenvalue weighted by Gasteiger charge is 2.32. The predicted molar refractivity (Wildman–Crippen MR) is 71.9 cm³/mol. The lowest BCUT2D eigenvalue weighted by Gasteiger charge is -2.30. The number of rotatable bonds is 3. The molecule has 0 bridgehead atoms. The van der Waals surface area contributed by atoms with Gasteiger partial charge in [-0.15, -0.1) is 23.2 Å². The van der Waals surface area contributed by atoms with Crippen LogP contribution in [-0.2, 0) is 0 Å². The highest BCUT2D eigenvalue weighted by atomic mass is 35.5. The van der Waals surface area contributed by atoms with Crippen molar-refractivity contribution in [3.8, 4) is 0 Å². The Balaban J connectivity index is 2.24. The molecule has 1 aromatic carbocycles. The summed E-state index contributed by atoms with van der Waals surface area (Å²) in [7, 11) is 0. The molecule has 0 N–H and O–H groups in total. The van der Waals surface area contributed by atoms with Crippen molar-refractivity contribution in [1.82, 2.24) is 0 Å². The predicted octanol–water partition coefficient (Wildman–Crippen LogP) is 3.81. The van der Waals surface area contributed by atoms with E-state index in [-0.39, 0.29) is 0 Å². The topological polar surface area (TPSA) is 3.24 Å². The molecular formula is C13H17Cl2N. The number of benzene rings is 1. The van der Waals surface area contributed by atoms with Crippen LogP contribution in [0, 0.1) is 6.92 Å². The van der Waals surface area contributed by atoms with Gasteiger partial charge in [0.15, 0.2) is 0 Å². The van der Waals surface area contributed by atoms with E-state index in [0.29, 0.717) is 23.8 Å². The lowest BCUT2D eigenvalue weighted by atomic mass is 10.2. The molecular weight excluding hydrogens is 241 g/mol. The lowest BCUT2D eigenvalue weighted by molar-refractivity contribution is 0.701. The molecule has 0 radical (unpaired) electrons. The smallest absolute Gasteiger partial charge is 0.0429 e. The summed E-state index contributed by atoms with van der Waals surface area (Å²) in [5, 5.41) is 0. The monoisotopic (exact) mass is 257 g/mol. The van der Waals surface area contributed by atoms with Crippen molar-refractivity contribution < 1.29 is 0 Å². The van der Waals surface area contributed by atoms with Crippen molar-refractivity contribution in [2.45, 2.75) is 31.8 Å². The molecule has 88 valence electrons. The van der Waals surface area contributed by atoms with E-state index in [1.165, 1.54) is 11.3 Å². The molecule has 0 aliphatic carbocycles. The van der Waals surface area contributed by atoms with Gasteiger partial charge in [0.2, 0.25) is 0 Å². The first-order chi connectivity index (χ1) is 7.76. The molecule has 2 atom stereocenters. The Labute approximate surface area is 107 Å². The van der Waals surface area contributed by atoms with E-state index in [1.54, 1.807) is 0 Å². The fourth-order valence-electron chi connectivity index (χ4n) is 2.40. The molecule has 0 spiro atoms. The third-order valence-electron chi connectivity index (χ3n) is 3.31. The molecule has 1 heterocycles. The Hall–Kier alpha value is -0.400. The Morgan fingerprint density at radius 2 is 1.56 bits per heavy atom. The molecule has 1 fully saturated rings. The van der Waals surface area contributed by atoms with E-state index in [1.807, 2.05) is 0 Å². The normalized spacial score (nSPS) is 25.1. The number of anilines is 1. The summed E-state index contributed by atoms with van der Waals surface area (Å²) in [5.74, 6) is 1.36. The van der Waals surface area contributed by atoms with Crippen molar-refractivity contribution in [2.75, 3.05) is 16.7 Å². The Kier molecular flexibility index (Phi) is 3.99. The molecule has 1 nitrogen and oxygen atoms in total. The van der Waals surface area contributed by atoms with Crippen LogP contribution < -0.4 is 4.90 Å². The standard InChI is InChI=1S/C13H17Cl2N/c1-10-2-4-11(5-3-10)16-12(8-14)6-7-13(16)9-15/h2-5,12-13H,6-9H2,1H3. The van der Waals surface area contributed by atoms with Crippen LogP contribution in [0.5, 0.6) is 0 Å². The summed E-state index contributed by atoms with van der Waals surface area (Å²) in [6.07, 6.45) is 2.30. The number of nitrogens with zero attached hydrogens (tertiary/aromatic N) is 1. The Bertz CT molecular complexity index is 324. The average Bonchev–Trinajstić information content (AvgIpc) is 2.73. The number of hydrogen-bond acceptors (Lipinski definition) is 1. The number of aryl methyl sites for hydroxylation is 1. The zero-order valence-corrected chi connectivity index (χ0v) is 11.0. The fourth-order valence-corrected chi connectivity index (χ4v) is 3.01. The molecule has 0 aromatic heterocycles. The summed E-state index contributed by atoms with van der Waals surface area (Å²) in [6.45, 7) is 2.10. The van der Waals surface area contributed by atoms with Gasteiger partial charge >= 0.3 is 0 Å². The zero-order valence-electron chi connectivity index (χ0n) is 9.50. The molecule has 1 aromatic rings. The molecule has 1 aliphatic rings. The maximum Gasteiger partial charge on any atom is 0.0429 e. The van der Waals surface area contributed by atoms with Gasteiger partial charge in [-0.05, 0) is 31.9 Å². The number of alkyl halides is 2. The minimum absolute atomic E-state index is 0.438. The second kappa shape index (κ2) is 5.29. The maximum atomic E-state index is 6.02. The fraction of sp³-hybridized carbons (Fsp3) is 0.538. The van der Waals surface area contributed by atoms with Crippen molar-refractivity contribution in [3.63, 3.8) is 0 Å². The van der Waals surface area contributed by atoms with Crippen molar-refractivity contribution in [1.29, 1.82) is 0 Å². The summed E-state index contributed by atoms with van der Waals surface area (Å²) in [6, 6.07) is 9.50.